The molecule has 3 aromatic rings. The van der Waals surface area contributed by atoms with Crippen LogP contribution in [0.15, 0.2) is 66.7 Å². The lowest BCUT2D eigenvalue weighted by atomic mass is 9.72. The topological polar surface area (TPSA) is 30.5 Å². The van der Waals surface area contributed by atoms with Crippen molar-refractivity contribution < 1.29 is 9.05 Å². The van der Waals surface area contributed by atoms with Gasteiger partial charge >= 0.3 is 8.53 Å². The van der Waals surface area contributed by atoms with Gasteiger partial charge in [-0.15, -0.1) is 0 Å². The van der Waals surface area contributed by atoms with Crippen molar-refractivity contribution in [1.82, 2.24) is 5.09 Å². The SMILES string of the molecule is CC1(C)CC23CC(C)(C)c4cccc(c42)OP(NCc2ccccc2)Oc2cccc1c23. The molecule has 32 heavy (non-hydrogen) atoms. The van der Waals surface area contributed by atoms with Crippen LogP contribution in [0.1, 0.15) is 68.4 Å². The molecule has 1 spiro atoms. The zero-order valence-electron chi connectivity index (χ0n) is 19.2. The summed E-state index contributed by atoms with van der Waals surface area (Å²) in [4.78, 5) is 0. The summed E-state index contributed by atoms with van der Waals surface area (Å²) in [6, 6.07) is 23.6. The highest BCUT2D eigenvalue weighted by atomic mass is 31.2. The molecule has 164 valence electrons. The summed E-state index contributed by atoms with van der Waals surface area (Å²) >= 11 is 0. The molecule has 3 aliphatic rings. The molecule has 3 aromatic carbocycles. The van der Waals surface area contributed by atoms with Crippen molar-refractivity contribution in [3.8, 4) is 11.5 Å². The first-order chi connectivity index (χ1) is 15.3. The zero-order valence-corrected chi connectivity index (χ0v) is 20.1. The Morgan fingerprint density at radius 3 is 1.78 bits per heavy atom. The lowest BCUT2D eigenvalue weighted by Crippen LogP contribution is -2.29. The first kappa shape index (κ1) is 20.3. The second-order valence-electron chi connectivity index (χ2n) is 10.8. The van der Waals surface area contributed by atoms with Gasteiger partial charge in [-0.2, -0.15) is 0 Å². The number of nitrogens with one attached hydrogen (secondary N) is 1. The van der Waals surface area contributed by atoms with Crippen LogP contribution in [0.25, 0.3) is 0 Å². The van der Waals surface area contributed by atoms with Crippen LogP contribution < -0.4 is 14.1 Å². The summed E-state index contributed by atoms with van der Waals surface area (Å²) in [6.07, 6.45) is 2.17. The Hall–Kier alpha value is -2.35. The minimum Gasteiger partial charge on any atom is -0.427 e. The summed E-state index contributed by atoms with van der Waals surface area (Å²) in [5.74, 6) is 1.97. The number of rotatable bonds is 3. The van der Waals surface area contributed by atoms with E-state index in [4.69, 9.17) is 9.05 Å². The van der Waals surface area contributed by atoms with E-state index in [0.717, 1.165) is 24.3 Å². The van der Waals surface area contributed by atoms with E-state index in [9.17, 15) is 0 Å². The highest BCUT2D eigenvalue weighted by Gasteiger charge is 2.59. The van der Waals surface area contributed by atoms with E-state index >= 15 is 0 Å². The van der Waals surface area contributed by atoms with Crippen molar-refractivity contribution in [3.05, 3.63) is 94.5 Å². The van der Waals surface area contributed by atoms with Crippen LogP contribution in [0.4, 0.5) is 0 Å². The van der Waals surface area contributed by atoms with Gasteiger partial charge in [-0.1, -0.05) is 82.3 Å². The van der Waals surface area contributed by atoms with E-state index in [2.05, 4.69) is 93.4 Å². The summed E-state index contributed by atoms with van der Waals surface area (Å²) < 4.78 is 13.3. The van der Waals surface area contributed by atoms with Gasteiger partial charge in [0.05, 0.1) is 0 Å². The van der Waals surface area contributed by atoms with Crippen molar-refractivity contribution in [3.63, 3.8) is 0 Å². The van der Waals surface area contributed by atoms with Crippen LogP contribution in [0.3, 0.4) is 0 Å². The highest BCUT2D eigenvalue weighted by molar-refractivity contribution is 7.45. The molecule has 4 heteroatoms. The molecule has 0 radical (unpaired) electrons. The average molecular weight is 444 g/mol. The normalized spacial score (nSPS) is 21.0. The molecule has 0 saturated carbocycles. The monoisotopic (exact) mass is 443 g/mol. The fourth-order valence-electron chi connectivity index (χ4n) is 6.58. The van der Waals surface area contributed by atoms with E-state index < -0.39 is 8.53 Å². The Labute approximate surface area is 192 Å². The largest absolute Gasteiger partial charge is 0.427 e. The lowest BCUT2D eigenvalue weighted by molar-refractivity contribution is 0.337. The van der Waals surface area contributed by atoms with E-state index in [0.29, 0.717) is 6.54 Å². The molecule has 0 unspecified atom stereocenters. The third-order valence-corrected chi connectivity index (χ3v) is 8.71. The van der Waals surface area contributed by atoms with Crippen LogP contribution in [0, 0.1) is 0 Å². The molecule has 2 aliphatic carbocycles. The van der Waals surface area contributed by atoms with Gasteiger partial charge < -0.3 is 9.05 Å². The molecule has 1 N–H and O–H groups in total. The molecular formula is C28H30NO2P. The minimum atomic E-state index is -1.33. The summed E-state index contributed by atoms with van der Waals surface area (Å²) in [7, 11) is -1.33. The molecule has 0 fully saturated rings. The smallest absolute Gasteiger partial charge is 0.381 e. The Kier molecular flexibility index (Phi) is 4.32. The first-order valence-corrected chi connectivity index (χ1v) is 12.7. The van der Waals surface area contributed by atoms with Gasteiger partial charge in [0.15, 0.2) is 0 Å². The molecule has 0 atom stereocenters. The van der Waals surface area contributed by atoms with E-state index in [1.165, 1.54) is 27.8 Å². The second-order valence-corrected chi connectivity index (χ2v) is 12.0. The maximum Gasteiger partial charge on any atom is 0.381 e. The molecule has 0 amide bonds. The standard InChI is InChI=1S/C28H30NO2P/c1-26(2)17-28-18-27(3,4)21-13-9-15-23(25(21)28)31-32(29-16-19-10-6-5-7-11-19)30-22-14-8-12-20(26)24(22)28/h5-15,29H,16-18H2,1-4H3. The predicted molar refractivity (Wildman–Crippen MR) is 130 cm³/mol. The van der Waals surface area contributed by atoms with Crippen LogP contribution in [-0.4, -0.2) is 0 Å². The summed E-state index contributed by atoms with van der Waals surface area (Å²) in [5, 5.41) is 3.56. The lowest BCUT2D eigenvalue weighted by Gasteiger charge is -2.35. The summed E-state index contributed by atoms with van der Waals surface area (Å²) in [6.45, 7) is 10.2. The van der Waals surface area contributed by atoms with Crippen molar-refractivity contribution in [2.45, 2.75) is 63.3 Å². The second kappa shape index (κ2) is 6.83. The van der Waals surface area contributed by atoms with Gasteiger partial charge in [0.1, 0.15) is 11.5 Å². The Morgan fingerprint density at radius 2 is 1.25 bits per heavy atom. The maximum absolute atomic E-state index is 6.65. The van der Waals surface area contributed by atoms with Crippen LogP contribution >= 0.6 is 8.53 Å². The fourth-order valence-corrected chi connectivity index (χ4v) is 7.72. The van der Waals surface area contributed by atoms with Gasteiger partial charge in [0.2, 0.25) is 0 Å². The molecule has 1 heterocycles. The Morgan fingerprint density at radius 1 is 0.719 bits per heavy atom. The highest BCUT2D eigenvalue weighted by Crippen LogP contribution is 2.68. The molecule has 6 rings (SSSR count). The van der Waals surface area contributed by atoms with Crippen molar-refractivity contribution in [2.24, 2.45) is 0 Å². The predicted octanol–water partition coefficient (Wildman–Crippen LogP) is 7.12. The minimum absolute atomic E-state index is 0.0638. The Bertz CT molecular complexity index is 1130. The third kappa shape index (κ3) is 2.87. The molecular weight excluding hydrogens is 413 g/mol. The Balaban J connectivity index is 1.52. The van der Waals surface area contributed by atoms with E-state index in [1.807, 2.05) is 6.07 Å². The molecule has 0 bridgehead atoms. The number of hydrogen-bond acceptors (Lipinski definition) is 3. The van der Waals surface area contributed by atoms with E-state index in [1.54, 1.807) is 0 Å². The summed E-state index contributed by atoms with van der Waals surface area (Å²) in [5.41, 5.74) is 6.96. The van der Waals surface area contributed by atoms with E-state index in [-0.39, 0.29) is 16.2 Å². The van der Waals surface area contributed by atoms with Crippen LogP contribution in [0.5, 0.6) is 11.5 Å². The fraction of sp³-hybridized carbons (Fsp3) is 0.357. The van der Waals surface area contributed by atoms with Crippen molar-refractivity contribution in [2.75, 3.05) is 0 Å². The third-order valence-electron chi connectivity index (χ3n) is 7.57. The molecule has 1 aliphatic heterocycles. The van der Waals surface area contributed by atoms with Gasteiger partial charge in [0.25, 0.3) is 0 Å². The van der Waals surface area contributed by atoms with Gasteiger partial charge in [0, 0.05) is 23.1 Å². The van der Waals surface area contributed by atoms with Crippen molar-refractivity contribution >= 4 is 8.53 Å². The van der Waals surface area contributed by atoms with Gasteiger partial charge in [-0.05, 0) is 52.5 Å². The molecule has 3 nitrogen and oxygen atoms in total. The molecule has 0 saturated heterocycles. The van der Waals surface area contributed by atoms with Crippen LogP contribution in [0.2, 0.25) is 0 Å². The average Bonchev–Trinajstić information content (AvgIpc) is 3.12. The van der Waals surface area contributed by atoms with Gasteiger partial charge in [-0.25, -0.2) is 5.09 Å². The number of hydrogen-bond donors (Lipinski definition) is 1. The van der Waals surface area contributed by atoms with Gasteiger partial charge in [-0.3, -0.25) is 0 Å². The van der Waals surface area contributed by atoms with Crippen molar-refractivity contribution in [1.29, 1.82) is 0 Å². The maximum atomic E-state index is 6.65. The quantitative estimate of drug-likeness (QED) is 0.437. The zero-order chi connectivity index (χ0) is 22.1. The molecule has 0 aromatic heterocycles. The number of benzene rings is 3. The first-order valence-electron chi connectivity index (χ1n) is 11.5. The van der Waals surface area contributed by atoms with Crippen LogP contribution in [-0.2, 0) is 22.8 Å².